The minimum atomic E-state index is -2.98. The van der Waals surface area contributed by atoms with Gasteiger partial charge in [-0.2, -0.15) is 0 Å². The summed E-state index contributed by atoms with van der Waals surface area (Å²) in [4.78, 5) is 0. The first-order valence-corrected chi connectivity index (χ1v) is 9.69. The largest absolute Gasteiger partial charge is 0.312 e. The minimum Gasteiger partial charge on any atom is -0.312 e. The van der Waals surface area contributed by atoms with E-state index in [1.165, 1.54) is 5.56 Å². The van der Waals surface area contributed by atoms with Crippen LogP contribution in [0.15, 0.2) is 24.3 Å². The van der Waals surface area contributed by atoms with E-state index in [2.05, 4.69) is 43.4 Å². The van der Waals surface area contributed by atoms with E-state index < -0.39 is 9.84 Å². The first kappa shape index (κ1) is 16.5. The molecule has 0 aliphatic carbocycles. The van der Waals surface area contributed by atoms with Crippen LogP contribution in [0.2, 0.25) is 0 Å². The van der Waals surface area contributed by atoms with E-state index in [0.717, 1.165) is 31.2 Å². The van der Waals surface area contributed by atoms with Crippen molar-refractivity contribution >= 4 is 9.84 Å². The van der Waals surface area contributed by atoms with Gasteiger partial charge < -0.3 is 5.32 Å². The first-order chi connectivity index (χ1) is 9.99. The highest BCUT2D eigenvalue weighted by molar-refractivity contribution is 7.92. The first-order valence-electron chi connectivity index (χ1n) is 7.98. The molecule has 1 N–H and O–H groups in total. The lowest BCUT2D eigenvalue weighted by atomic mass is 9.94. The van der Waals surface area contributed by atoms with E-state index in [1.807, 2.05) is 7.05 Å². The molecule has 0 saturated carbocycles. The maximum absolute atomic E-state index is 12.3. The van der Waals surface area contributed by atoms with E-state index in [9.17, 15) is 8.42 Å². The minimum absolute atomic E-state index is 0.0960. The van der Waals surface area contributed by atoms with E-state index in [4.69, 9.17) is 0 Å². The topological polar surface area (TPSA) is 46.2 Å². The SMILES string of the molecule is CCC(C)c1ccc(C(NC)C2CCCCS2(=O)=O)cc1. The van der Waals surface area contributed by atoms with Crippen molar-refractivity contribution in [1.29, 1.82) is 0 Å². The molecule has 1 aromatic rings. The zero-order valence-electron chi connectivity index (χ0n) is 13.3. The van der Waals surface area contributed by atoms with Crippen LogP contribution in [-0.2, 0) is 9.84 Å². The summed E-state index contributed by atoms with van der Waals surface area (Å²) in [5.74, 6) is 0.881. The normalized spacial score (nSPS) is 24.4. The molecule has 2 rings (SSSR count). The van der Waals surface area contributed by atoms with E-state index in [1.54, 1.807) is 0 Å². The van der Waals surface area contributed by atoms with Crippen LogP contribution in [0.1, 0.15) is 62.6 Å². The van der Waals surface area contributed by atoms with Gasteiger partial charge in [0.1, 0.15) is 0 Å². The van der Waals surface area contributed by atoms with Gasteiger partial charge in [-0.25, -0.2) is 8.42 Å². The van der Waals surface area contributed by atoms with Gasteiger partial charge in [0.25, 0.3) is 0 Å². The summed E-state index contributed by atoms with van der Waals surface area (Å²) >= 11 is 0. The summed E-state index contributed by atoms with van der Waals surface area (Å²) in [5.41, 5.74) is 2.41. The number of hydrogen-bond acceptors (Lipinski definition) is 3. The van der Waals surface area contributed by atoms with Crippen LogP contribution < -0.4 is 5.32 Å². The molecule has 1 aliphatic rings. The van der Waals surface area contributed by atoms with Crippen molar-refractivity contribution in [1.82, 2.24) is 5.32 Å². The molecule has 0 amide bonds. The number of hydrogen-bond donors (Lipinski definition) is 1. The quantitative estimate of drug-likeness (QED) is 0.906. The smallest absolute Gasteiger partial charge is 0.155 e. The van der Waals surface area contributed by atoms with E-state index >= 15 is 0 Å². The van der Waals surface area contributed by atoms with Crippen LogP contribution in [0.3, 0.4) is 0 Å². The van der Waals surface area contributed by atoms with Crippen molar-refractivity contribution < 1.29 is 8.42 Å². The van der Waals surface area contributed by atoms with E-state index in [0.29, 0.717) is 11.7 Å². The third-order valence-corrected chi connectivity index (χ3v) is 7.08. The Morgan fingerprint density at radius 3 is 2.33 bits per heavy atom. The Morgan fingerprint density at radius 2 is 1.81 bits per heavy atom. The van der Waals surface area contributed by atoms with Crippen molar-refractivity contribution in [2.24, 2.45) is 0 Å². The Labute approximate surface area is 129 Å². The van der Waals surface area contributed by atoms with Gasteiger partial charge >= 0.3 is 0 Å². The van der Waals surface area contributed by atoms with Crippen molar-refractivity contribution in [2.45, 2.75) is 56.7 Å². The summed E-state index contributed by atoms with van der Waals surface area (Å²) < 4.78 is 24.7. The monoisotopic (exact) mass is 309 g/mol. The van der Waals surface area contributed by atoms with Crippen molar-refractivity contribution in [3.8, 4) is 0 Å². The average molecular weight is 309 g/mol. The van der Waals surface area contributed by atoms with Gasteiger partial charge in [0.2, 0.25) is 0 Å². The highest BCUT2D eigenvalue weighted by Gasteiger charge is 2.35. The summed E-state index contributed by atoms with van der Waals surface area (Å²) in [5, 5.41) is 2.94. The summed E-state index contributed by atoms with van der Waals surface area (Å²) in [7, 11) is -1.12. The highest BCUT2D eigenvalue weighted by atomic mass is 32.2. The lowest BCUT2D eigenvalue weighted by Crippen LogP contribution is -2.39. The molecule has 0 radical (unpaired) electrons. The molecule has 3 unspecified atom stereocenters. The maximum atomic E-state index is 12.3. The molecule has 1 fully saturated rings. The van der Waals surface area contributed by atoms with Crippen molar-refractivity contribution in [3.63, 3.8) is 0 Å². The van der Waals surface area contributed by atoms with Crippen molar-refractivity contribution in [2.75, 3.05) is 12.8 Å². The van der Waals surface area contributed by atoms with Crippen LogP contribution in [0.4, 0.5) is 0 Å². The summed E-state index contributed by atoms with van der Waals surface area (Å²) in [6.07, 6.45) is 3.70. The van der Waals surface area contributed by atoms with Gasteiger partial charge in [-0.3, -0.25) is 0 Å². The van der Waals surface area contributed by atoms with Crippen LogP contribution in [-0.4, -0.2) is 26.5 Å². The standard InChI is InChI=1S/C17H27NO2S/c1-4-13(2)14-8-10-15(11-9-14)17(18-3)16-7-5-6-12-21(16,19)20/h8-11,13,16-18H,4-7,12H2,1-3H3. The Kier molecular flexibility index (Phi) is 5.44. The highest BCUT2D eigenvalue weighted by Crippen LogP contribution is 2.31. The molecule has 1 heterocycles. The molecule has 0 aromatic heterocycles. The zero-order chi connectivity index (χ0) is 15.5. The molecular formula is C17H27NO2S. The molecular weight excluding hydrogens is 282 g/mol. The molecule has 3 atom stereocenters. The maximum Gasteiger partial charge on any atom is 0.155 e. The second kappa shape index (κ2) is 6.93. The van der Waals surface area contributed by atoms with Gasteiger partial charge in [0, 0.05) is 6.04 Å². The fourth-order valence-corrected chi connectivity index (χ4v) is 5.33. The second-order valence-corrected chi connectivity index (χ2v) is 8.48. The van der Waals surface area contributed by atoms with Gasteiger partial charge in [-0.05, 0) is 43.4 Å². The zero-order valence-corrected chi connectivity index (χ0v) is 14.1. The van der Waals surface area contributed by atoms with Gasteiger partial charge in [-0.1, -0.05) is 44.5 Å². The van der Waals surface area contributed by atoms with Crippen LogP contribution in [0, 0.1) is 0 Å². The molecule has 118 valence electrons. The van der Waals surface area contributed by atoms with Gasteiger partial charge in [0.05, 0.1) is 11.0 Å². The number of sulfone groups is 1. The fourth-order valence-electron chi connectivity index (χ4n) is 3.19. The molecule has 1 saturated heterocycles. The van der Waals surface area contributed by atoms with Crippen molar-refractivity contribution in [3.05, 3.63) is 35.4 Å². The third kappa shape index (κ3) is 3.67. The summed E-state index contributed by atoms with van der Waals surface area (Å²) in [6.45, 7) is 4.40. The average Bonchev–Trinajstić information content (AvgIpc) is 2.49. The van der Waals surface area contributed by atoms with Crippen LogP contribution in [0.25, 0.3) is 0 Å². The molecule has 0 bridgehead atoms. The molecule has 4 heteroatoms. The van der Waals surface area contributed by atoms with E-state index in [-0.39, 0.29) is 11.3 Å². The fraction of sp³-hybridized carbons (Fsp3) is 0.647. The summed E-state index contributed by atoms with van der Waals surface area (Å²) in [6, 6.07) is 8.37. The molecule has 1 aliphatic heterocycles. The lowest BCUT2D eigenvalue weighted by Gasteiger charge is -2.30. The Balaban J connectivity index is 2.25. The molecule has 1 aromatic carbocycles. The number of nitrogens with one attached hydrogen (secondary N) is 1. The molecule has 3 nitrogen and oxygen atoms in total. The lowest BCUT2D eigenvalue weighted by molar-refractivity contribution is 0.469. The Bertz CT molecular complexity index is 551. The Hall–Kier alpha value is -0.870. The second-order valence-electron chi connectivity index (χ2n) is 6.14. The number of benzene rings is 1. The van der Waals surface area contributed by atoms with Gasteiger partial charge in [-0.15, -0.1) is 0 Å². The Morgan fingerprint density at radius 1 is 1.19 bits per heavy atom. The predicted octanol–water partition coefficient (Wildman–Crippen LogP) is 3.43. The van der Waals surface area contributed by atoms with Crippen LogP contribution in [0.5, 0.6) is 0 Å². The van der Waals surface area contributed by atoms with Crippen LogP contribution >= 0.6 is 0 Å². The number of rotatable bonds is 5. The third-order valence-electron chi connectivity index (χ3n) is 4.79. The predicted molar refractivity (Wildman–Crippen MR) is 88.4 cm³/mol. The molecule has 21 heavy (non-hydrogen) atoms. The molecule has 0 spiro atoms. The van der Waals surface area contributed by atoms with Gasteiger partial charge in [0.15, 0.2) is 9.84 Å².